The van der Waals surface area contributed by atoms with Gasteiger partial charge >= 0.3 is 12.3 Å². The summed E-state index contributed by atoms with van der Waals surface area (Å²) in [5.41, 5.74) is -0.102. The van der Waals surface area contributed by atoms with Crippen LogP contribution >= 0.6 is 11.3 Å². The number of carbonyl (C=O) groups is 2. The number of alkyl halides is 3. The molecule has 0 atom stereocenters. The third-order valence-electron chi connectivity index (χ3n) is 5.29. The lowest BCUT2D eigenvalue weighted by molar-refractivity contribution is -0.274. The molecule has 1 amide bonds. The first-order valence-electron chi connectivity index (χ1n) is 11.7. The topological polar surface area (TPSA) is 109 Å². The average Bonchev–Trinajstić information content (AvgIpc) is 3.29. The molecule has 4 aromatic rings. The van der Waals surface area contributed by atoms with E-state index in [1.54, 1.807) is 31.2 Å². The molecular weight excluding hydrogens is 539 g/mol. The van der Waals surface area contributed by atoms with Crippen LogP contribution in [0.5, 0.6) is 11.5 Å². The van der Waals surface area contributed by atoms with Gasteiger partial charge in [0.25, 0.3) is 5.56 Å². The molecule has 2 aromatic carbocycles. The summed E-state index contributed by atoms with van der Waals surface area (Å²) in [6.07, 6.45) is -4.88. The molecule has 0 radical (unpaired) electrons. The summed E-state index contributed by atoms with van der Waals surface area (Å²) in [7, 11) is 0. The van der Waals surface area contributed by atoms with Crippen molar-refractivity contribution in [1.82, 2.24) is 9.78 Å². The Morgan fingerprint density at radius 1 is 1.00 bits per heavy atom. The van der Waals surface area contributed by atoms with Gasteiger partial charge in [-0.15, -0.1) is 24.5 Å². The predicted octanol–water partition coefficient (Wildman–Crippen LogP) is 5.10. The number of amides is 1. The summed E-state index contributed by atoms with van der Waals surface area (Å²) in [4.78, 5) is 39.0. The van der Waals surface area contributed by atoms with E-state index in [-0.39, 0.29) is 40.2 Å². The van der Waals surface area contributed by atoms with E-state index in [2.05, 4.69) is 15.2 Å². The Balaban J connectivity index is 1.70. The number of halogens is 3. The van der Waals surface area contributed by atoms with Crippen LogP contribution in [0, 0.1) is 0 Å². The number of benzene rings is 2. The maximum Gasteiger partial charge on any atom is 0.573 e. The van der Waals surface area contributed by atoms with Crippen molar-refractivity contribution in [3.05, 3.63) is 75.5 Å². The fraction of sp³-hybridized carbons (Fsp3) is 0.231. The second-order valence-electron chi connectivity index (χ2n) is 7.98. The standard InChI is InChI=1S/C26H22F3N3O6S/c1-3-36-17-9-5-15(6-10-17)13-20(33)30-23-21-19(14-39-23)22(25(35)37-4-2)31-32(24(21)34)16-7-11-18(12-8-16)38-26(27,28)29/h5-12,14H,3-4,13H2,1-2H3,(H,30,33). The number of hydrogen-bond donors (Lipinski definition) is 1. The van der Waals surface area contributed by atoms with Gasteiger partial charge in [0.15, 0.2) is 5.69 Å². The van der Waals surface area contributed by atoms with Crippen molar-refractivity contribution in [3.63, 3.8) is 0 Å². The van der Waals surface area contributed by atoms with Crippen LogP contribution in [0.15, 0.2) is 58.7 Å². The van der Waals surface area contributed by atoms with Crippen molar-refractivity contribution in [2.24, 2.45) is 0 Å². The quantitative estimate of drug-likeness (QED) is 0.283. The van der Waals surface area contributed by atoms with Crippen LogP contribution in [-0.4, -0.2) is 41.2 Å². The average molecular weight is 562 g/mol. The summed E-state index contributed by atoms with van der Waals surface area (Å²) in [5, 5.41) is 8.72. The molecule has 1 N–H and O–H groups in total. The van der Waals surface area contributed by atoms with E-state index < -0.39 is 29.5 Å². The van der Waals surface area contributed by atoms with Gasteiger partial charge in [0.2, 0.25) is 5.91 Å². The molecule has 2 aromatic heterocycles. The highest BCUT2D eigenvalue weighted by Crippen LogP contribution is 2.31. The van der Waals surface area contributed by atoms with Gasteiger partial charge in [-0.1, -0.05) is 12.1 Å². The molecule has 39 heavy (non-hydrogen) atoms. The first-order valence-corrected chi connectivity index (χ1v) is 12.6. The highest BCUT2D eigenvalue weighted by molar-refractivity contribution is 7.16. The SMILES string of the molecule is CCOC(=O)c1nn(-c2ccc(OC(F)(F)F)cc2)c(=O)c2c(NC(=O)Cc3ccc(OCC)cc3)scc12. The van der Waals surface area contributed by atoms with Gasteiger partial charge in [-0.3, -0.25) is 9.59 Å². The Labute approximate surface area is 223 Å². The van der Waals surface area contributed by atoms with Crippen molar-refractivity contribution >= 4 is 39.0 Å². The predicted molar refractivity (Wildman–Crippen MR) is 138 cm³/mol. The summed E-state index contributed by atoms with van der Waals surface area (Å²) >= 11 is 1.03. The van der Waals surface area contributed by atoms with Crippen molar-refractivity contribution < 1.29 is 37.0 Å². The number of nitrogens with one attached hydrogen (secondary N) is 1. The van der Waals surface area contributed by atoms with E-state index in [1.165, 1.54) is 17.5 Å². The van der Waals surface area contributed by atoms with Crippen molar-refractivity contribution in [2.75, 3.05) is 18.5 Å². The van der Waals surface area contributed by atoms with Gasteiger partial charge in [0.05, 0.1) is 30.7 Å². The summed E-state index contributed by atoms with van der Waals surface area (Å²) in [5.74, 6) is -1.04. The zero-order valence-electron chi connectivity index (χ0n) is 20.7. The fourth-order valence-electron chi connectivity index (χ4n) is 3.68. The number of ether oxygens (including phenoxy) is 3. The van der Waals surface area contributed by atoms with Crippen molar-refractivity contribution in [1.29, 1.82) is 0 Å². The first kappa shape index (κ1) is 27.6. The Kier molecular flexibility index (Phi) is 8.19. The summed E-state index contributed by atoms with van der Waals surface area (Å²) in [6.45, 7) is 4.02. The molecule has 0 saturated heterocycles. The molecule has 4 rings (SSSR count). The molecule has 9 nitrogen and oxygen atoms in total. The van der Waals surface area contributed by atoms with E-state index >= 15 is 0 Å². The third-order valence-corrected chi connectivity index (χ3v) is 6.18. The number of rotatable bonds is 9. The second kappa shape index (κ2) is 11.6. The Hall–Kier alpha value is -4.39. The number of anilines is 1. The van der Waals surface area contributed by atoms with Gasteiger partial charge in [0.1, 0.15) is 16.5 Å². The summed E-state index contributed by atoms with van der Waals surface area (Å²) < 4.78 is 52.8. The van der Waals surface area contributed by atoms with Gasteiger partial charge in [0, 0.05) is 10.8 Å². The van der Waals surface area contributed by atoms with Crippen LogP contribution < -0.4 is 20.3 Å². The number of hydrogen-bond acceptors (Lipinski definition) is 8. The Bertz CT molecular complexity index is 1550. The maximum atomic E-state index is 13.5. The molecule has 2 heterocycles. The minimum atomic E-state index is -4.89. The van der Waals surface area contributed by atoms with Crippen LogP contribution in [0.25, 0.3) is 16.5 Å². The zero-order chi connectivity index (χ0) is 28.2. The lowest BCUT2D eigenvalue weighted by atomic mass is 10.1. The Morgan fingerprint density at radius 3 is 2.28 bits per heavy atom. The molecule has 0 aliphatic heterocycles. The minimum Gasteiger partial charge on any atom is -0.494 e. The highest BCUT2D eigenvalue weighted by Gasteiger charge is 2.31. The minimum absolute atomic E-state index is 0.00807. The van der Waals surface area contributed by atoms with Crippen molar-refractivity contribution in [3.8, 4) is 17.2 Å². The fourth-order valence-corrected chi connectivity index (χ4v) is 4.64. The highest BCUT2D eigenvalue weighted by atomic mass is 32.1. The number of esters is 1. The third kappa shape index (κ3) is 6.55. The first-order chi connectivity index (χ1) is 18.6. The van der Waals surface area contributed by atoms with E-state index in [0.29, 0.717) is 17.9 Å². The van der Waals surface area contributed by atoms with E-state index in [0.717, 1.165) is 28.2 Å². The molecule has 0 aliphatic rings. The number of aromatic nitrogens is 2. The number of carbonyl (C=O) groups excluding carboxylic acids is 2. The molecule has 0 fully saturated rings. The molecule has 13 heteroatoms. The number of nitrogens with zero attached hydrogens (tertiary/aromatic N) is 2. The van der Waals surface area contributed by atoms with Gasteiger partial charge in [-0.25, -0.2) is 4.79 Å². The van der Waals surface area contributed by atoms with Crippen LogP contribution in [0.1, 0.15) is 29.9 Å². The maximum absolute atomic E-state index is 13.5. The normalized spacial score (nSPS) is 11.3. The van der Waals surface area contributed by atoms with E-state index in [4.69, 9.17) is 9.47 Å². The second-order valence-corrected chi connectivity index (χ2v) is 8.86. The van der Waals surface area contributed by atoms with Gasteiger partial charge in [-0.2, -0.15) is 9.78 Å². The lowest BCUT2D eigenvalue weighted by Gasteiger charge is -2.12. The number of thiophene rings is 1. The molecule has 0 saturated carbocycles. The van der Waals surface area contributed by atoms with Crippen LogP contribution in [0.4, 0.5) is 18.2 Å². The van der Waals surface area contributed by atoms with E-state index in [1.807, 2.05) is 6.92 Å². The number of fused-ring (bicyclic) bond motifs is 1. The zero-order valence-corrected chi connectivity index (χ0v) is 21.5. The van der Waals surface area contributed by atoms with Crippen molar-refractivity contribution in [2.45, 2.75) is 26.6 Å². The van der Waals surface area contributed by atoms with Gasteiger partial charge < -0.3 is 19.5 Å². The molecule has 0 bridgehead atoms. The van der Waals surface area contributed by atoms with E-state index in [9.17, 15) is 27.6 Å². The van der Waals surface area contributed by atoms with Crippen LogP contribution in [0.2, 0.25) is 0 Å². The Morgan fingerprint density at radius 2 is 1.67 bits per heavy atom. The largest absolute Gasteiger partial charge is 0.573 e. The lowest BCUT2D eigenvalue weighted by Crippen LogP contribution is -2.26. The molecule has 0 aliphatic carbocycles. The van der Waals surface area contributed by atoms with Gasteiger partial charge in [-0.05, 0) is 55.8 Å². The van der Waals surface area contributed by atoms with Crippen LogP contribution in [0.3, 0.4) is 0 Å². The molecule has 0 unspecified atom stereocenters. The molecule has 204 valence electrons. The smallest absolute Gasteiger partial charge is 0.494 e. The van der Waals surface area contributed by atoms with Crippen LogP contribution in [-0.2, 0) is 16.0 Å². The molecular formula is C26H22F3N3O6S. The molecule has 0 spiro atoms. The summed E-state index contributed by atoms with van der Waals surface area (Å²) in [6, 6.07) is 11.4. The monoisotopic (exact) mass is 561 g/mol.